The topological polar surface area (TPSA) is 49.8 Å². The molecule has 0 saturated carbocycles. The average molecular weight is 284 g/mol. The van der Waals surface area contributed by atoms with E-state index in [0.717, 1.165) is 22.0 Å². The van der Waals surface area contributed by atoms with Crippen LogP contribution in [0.5, 0.6) is 0 Å². The van der Waals surface area contributed by atoms with E-state index in [2.05, 4.69) is 28.7 Å². The lowest BCUT2D eigenvalue weighted by Crippen LogP contribution is -2.05. The van der Waals surface area contributed by atoms with Gasteiger partial charge in [-0.2, -0.15) is 5.26 Å². The molecule has 0 heterocycles. The first-order chi connectivity index (χ1) is 6.22. The molecule has 66 valence electrons. The van der Waals surface area contributed by atoms with Crippen molar-refractivity contribution in [2.45, 2.75) is 18.9 Å². The van der Waals surface area contributed by atoms with E-state index in [-0.39, 0.29) is 6.04 Å². The second kappa shape index (κ2) is 3.28. The zero-order valence-corrected chi connectivity index (χ0v) is 9.21. The lowest BCUT2D eigenvalue weighted by molar-refractivity contribution is 0.713. The van der Waals surface area contributed by atoms with Crippen LogP contribution in [0.2, 0.25) is 0 Å². The van der Waals surface area contributed by atoms with E-state index < -0.39 is 0 Å². The summed E-state index contributed by atoms with van der Waals surface area (Å²) in [6.07, 6.45) is 2.03. The third-order valence-corrected chi connectivity index (χ3v) is 3.37. The number of nitriles is 1. The normalized spacial score (nSPS) is 19.6. The molecule has 2 rings (SSSR count). The first-order valence-corrected chi connectivity index (χ1v) is 5.28. The Morgan fingerprint density at radius 1 is 1.54 bits per heavy atom. The number of rotatable bonds is 0. The van der Waals surface area contributed by atoms with Crippen molar-refractivity contribution in [2.75, 3.05) is 0 Å². The highest BCUT2D eigenvalue weighted by atomic mass is 127. The van der Waals surface area contributed by atoms with Crippen LogP contribution in [-0.2, 0) is 6.42 Å². The SMILES string of the molecule is N#Cc1cc2c(cc1I)[C@@H](N)CC2. The number of benzene rings is 1. The van der Waals surface area contributed by atoms with Gasteiger partial charge in [-0.3, -0.25) is 0 Å². The molecule has 0 aliphatic heterocycles. The standard InChI is InChI=1S/C10H9IN2/c11-9-4-8-6(1-2-10(8)13)3-7(9)5-12/h3-4,10H,1-2,13H2/t10-/m0/s1. The maximum absolute atomic E-state index is 8.83. The maximum Gasteiger partial charge on any atom is 0.100 e. The van der Waals surface area contributed by atoms with Crippen molar-refractivity contribution in [3.8, 4) is 6.07 Å². The summed E-state index contributed by atoms with van der Waals surface area (Å²) >= 11 is 2.19. The largest absolute Gasteiger partial charge is 0.324 e. The first kappa shape index (κ1) is 8.97. The minimum Gasteiger partial charge on any atom is -0.324 e. The van der Waals surface area contributed by atoms with E-state index >= 15 is 0 Å². The van der Waals surface area contributed by atoms with E-state index in [1.54, 1.807) is 0 Å². The minimum absolute atomic E-state index is 0.177. The van der Waals surface area contributed by atoms with Crippen LogP contribution in [-0.4, -0.2) is 0 Å². The number of halogens is 1. The monoisotopic (exact) mass is 284 g/mol. The Labute approximate surface area is 90.9 Å². The summed E-state index contributed by atoms with van der Waals surface area (Å²) in [4.78, 5) is 0. The van der Waals surface area contributed by atoms with Gasteiger partial charge in [0, 0.05) is 9.61 Å². The van der Waals surface area contributed by atoms with Gasteiger partial charge in [-0.05, 0) is 58.7 Å². The van der Waals surface area contributed by atoms with E-state index in [0.29, 0.717) is 0 Å². The van der Waals surface area contributed by atoms with Gasteiger partial charge in [0.15, 0.2) is 0 Å². The first-order valence-electron chi connectivity index (χ1n) is 4.20. The zero-order chi connectivity index (χ0) is 9.42. The van der Waals surface area contributed by atoms with Gasteiger partial charge in [0.25, 0.3) is 0 Å². The van der Waals surface area contributed by atoms with Gasteiger partial charge in [-0.1, -0.05) is 0 Å². The molecule has 0 aromatic heterocycles. The van der Waals surface area contributed by atoms with Gasteiger partial charge in [-0.15, -0.1) is 0 Å². The summed E-state index contributed by atoms with van der Waals surface area (Å²) in [5.74, 6) is 0. The molecule has 0 fully saturated rings. The molecule has 2 N–H and O–H groups in total. The van der Waals surface area contributed by atoms with E-state index in [4.69, 9.17) is 11.0 Å². The fourth-order valence-electron chi connectivity index (χ4n) is 1.75. The summed E-state index contributed by atoms with van der Waals surface area (Å²) in [6, 6.07) is 6.39. The van der Waals surface area contributed by atoms with E-state index in [1.165, 1.54) is 11.1 Å². The fraction of sp³-hybridized carbons (Fsp3) is 0.300. The van der Waals surface area contributed by atoms with Crippen molar-refractivity contribution in [1.29, 1.82) is 5.26 Å². The van der Waals surface area contributed by atoms with Gasteiger partial charge in [-0.25, -0.2) is 0 Å². The van der Waals surface area contributed by atoms with Crippen LogP contribution in [0.15, 0.2) is 12.1 Å². The Hall–Kier alpha value is -0.600. The Kier molecular flexibility index (Phi) is 2.26. The quantitative estimate of drug-likeness (QED) is 0.742. The summed E-state index contributed by atoms with van der Waals surface area (Å²) in [7, 11) is 0. The summed E-state index contributed by atoms with van der Waals surface area (Å²) in [6.45, 7) is 0. The molecule has 1 atom stereocenters. The average Bonchev–Trinajstić information content (AvgIpc) is 2.47. The molecule has 0 unspecified atom stereocenters. The van der Waals surface area contributed by atoms with Gasteiger partial charge < -0.3 is 5.73 Å². The Morgan fingerprint density at radius 3 is 3.00 bits per heavy atom. The fourth-order valence-corrected chi connectivity index (χ4v) is 2.36. The minimum atomic E-state index is 0.177. The van der Waals surface area contributed by atoms with Gasteiger partial charge in [0.2, 0.25) is 0 Å². The predicted octanol–water partition coefficient (Wildman–Crippen LogP) is 2.11. The molecule has 1 aliphatic rings. The van der Waals surface area contributed by atoms with Crippen molar-refractivity contribution in [3.05, 3.63) is 32.4 Å². The molecule has 0 spiro atoms. The van der Waals surface area contributed by atoms with Crippen LogP contribution >= 0.6 is 22.6 Å². The van der Waals surface area contributed by atoms with Crippen molar-refractivity contribution >= 4 is 22.6 Å². The summed E-state index contributed by atoms with van der Waals surface area (Å²) in [5.41, 5.74) is 9.17. The molecule has 0 saturated heterocycles. The summed E-state index contributed by atoms with van der Waals surface area (Å²) in [5, 5.41) is 8.83. The molecule has 1 aromatic rings. The number of nitrogens with two attached hydrogens (primary N) is 1. The molecule has 3 heteroatoms. The van der Waals surface area contributed by atoms with Gasteiger partial charge >= 0.3 is 0 Å². The Morgan fingerprint density at radius 2 is 2.31 bits per heavy atom. The third-order valence-electron chi connectivity index (χ3n) is 2.47. The lowest BCUT2D eigenvalue weighted by Gasteiger charge is -2.05. The molecule has 0 radical (unpaired) electrons. The number of nitrogens with zero attached hydrogens (tertiary/aromatic N) is 1. The second-order valence-electron chi connectivity index (χ2n) is 3.29. The number of hydrogen-bond acceptors (Lipinski definition) is 2. The molecular weight excluding hydrogens is 275 g/mol. The van der Waals surface area contributed by atoms with Crippen molar-refractivity contribution in [2.24, 2.45) is 5.73 Å². The van der Waals surface area contributed by atoms with Crippen molar-refractivity contribution < 1.29 is 0 Å². The van der Waals surface area contributed by atoms with Gasteiger partial charge in [0.05, 0.1) is 5.56 Å². The second-order valence-corrected chi connectivity index (χ2v) is 4.45. The van der Waals surface area contributed by atoms with Crippen LogP contribution in [0.1, 0.15) is 29.2 Å². The molecule has 0 amide bonds. The Balaban J connectivity index is 2.58. The van der Waals surface area contributed by atoms with Crippen molar-refractivity contribution in [1.82, 2.24) is 0 Å². The molecule has 1 aromatic carbocycles. The zero-order valence-electron chi connectivity index (χ0n) is 7.05. The third kappa shape index (κ3) is 1.45. The smallest absolute Gasteiger partial charge is 0.100 e. The number of hydrogen-bond donors (Lipinski definition) is 1. The highest BCUT2D eigenvalue weighted by molar-refractivity contribution is 14.1. The molecule has 0 bridgehead atoms. The van der Waals surface area contributed by atoms with Gasteiger partial charge in [0.1, 0.15) is 6.07 Å². The maximum atomic E-state index is 8.83. The predicted molar refractivity (Wildman–Crippen MR) is 59.1 cm³/mol. The Bertz CT molecular complexity index is 393. The van der Waals surface area contributed by atoms with E-state index in [9.17, 15) is 0 Å². The van der Waals surface area contributed by atoms with Crippen molar-refractivity contribution in [3.63, 3.8) is 0 Å². The van der Waals surface area contributed by atoms with Crippen LogP contribution in [0, 0.1) is 14.9 Å². The lowest BCUT2D eigenvalue weighted by atomic mass is 10.1. The van der Waals surface area contributed by atoms with Crippen LogP contribution in [0.25, 0.3) is 0 Å². The van der Waals surface area contributed by atoms with E-state index in [1.807, 2.05) is 12.1 Å². The summed E-state index contributed by atoms with van der Waals surface area (Å²) < 4.78 is 1.01. The molecule has 13 heavy (non-hydrogen) atoms. The van der Waals surface area contributed by atoms with Crippen LogP contribution in [0.3, 0.4) is 0 Å². The number of aryl methyl sites for hydroxylation is 1. The van der Waals surface area contributed by atoms with Crippen LogP contribution in [0.4, 0.5) is 0 Å². The highest BCUT2D eigenvalue weighted by Gasteiger charge is 2.20. The molecular formula is C10H9IN2. The van der Waals surface area contributed by atoms with Crippen LogP contribution < -0.4 is 5.73 Å². The molecule has 1 aliphatic carbocycles. The highest BCUT2D eigenvalue weighted by Crippen LogP contribution is 2.31. The number of fused-ring (bicyclic) bond motifs is 1. The molecule has 2 nitrogen and oxygen atoms in total.